The van der Waals surface area contributed by atoms with Gasteiger partial charge in [-0.2, -0.15) is 0 Å². The number of amides is 1. The van der Waals surface area contributed by atoms with Gasteiger partial charge in [0, 0.05) is 19.5 Å². The maximum absolute atomic E-state index is 11.9. The van der Waals surface area contributed by atoms with Crippen molar-refractivity contribution in [3.8, 4) is 0 Å². The number of anilines is 1. The van der Waals surface area contributed by atoms with Crippen molar-refractivity contribution >= 4 is 28.6 Å². The standard InChI is InChI=1S/C14H15N3O3/c1-2-16-8-15-13-10(16)6-9(14(19)20)7-11(13)17-5-3-4-12(17)18/h6-8H,2-5H2,1H3,(H,19,20). The van der Waals surface area contributed by atoms with Gasteiger partial charge in [-0.05, 0) is 25.5 Å². The Balaban J connectivity index is 2.26. The lowest BCUT2D eigenvalue weighted by Crippen LogP contribution is -2.24. The van der Waals surface area contributed by atoms with Crippen LogP contribution in [0.15, 0.2) is 18.5 Å². The van der Waals surface area contributed by atoms with Gasteiger partial charge in [-0.15, -0.1) is 0 Å². The van der Waals surface area contributed by atoms with Gasteiger partial charge < -0.3 is 14.6 Å². The maximum atomic E-state index is 11.9. The summed E-state index contributed by atoms with van der Waals surface area (Å²) < 4.78 is 1.88. The van der Waals surface area contributed by atoms with E-state index in [0.29, 0.717) is 30.7 Å². The second-order valence-corrected chi connectivity index (χ2v) is 4.85. The number of imidazole rings is 1. The van der Waals surface area contributed by atoms with E-state index in [9.17, 15) is 14.7 Å². The summed E-state index contributed by atoms with van der Waals surface area (Å²) in [6.07, 6.45) is 2.99. The molecule has 1 aromatic heterocycles. The van der Waals surface area contributed by atoms with Gasteiger partial charge in [0.2, 0.25) is 5.91 Å². The number of carbonyl (C=O) groups is 2. The summed E-state index contributed by atoms with van der Waals surface area (Å²) in [6.45, 7) is 3.29. The summed E-state index contributed by atoms with van der Waals surface area (Å²) >= 11 is 0. The summed E-state index contributed by atoms with van der Waals surface area (Å²) in [5.41, 5.74) is 2.23. The van der Waals surface area contributed by atoms with Crippen LogP contribution in [0, 0.1) is 0 Å². The van der Waals surface area contributed by atoms with Crippen LogP contribution in [-0.4, -0.2) is 33.1 Å². The molecular weight excluding hydrogens is 258 g/mol. The predicted octanol–water partition coefficient (Wildman–Crippen LogP) is 1.88. The van der Waals surface area contributed by atoms with Crippen molar-refractivity contribution in [2.75, 3.05) is 11.4 Å². The van der Waals surface area contributed by atoms with Gasteiger partial charge in [0.25, 0.3) is 0 Å². The number of carboxylic acids is 1. The average molecular weight is 273 g/mol. The molecule has 1 aliphatic rings. The lowest BCUT2D eigenvalue weighted by molar-refractivity contribution is -0.117. The first kappa shape index (κ1) is 12.7. The molecule has 6 heteroatoms. The number of carbonyl (C=O) groups excluding carboxylic acids is 1. The second kappa shape index (κ2) is 4.63. The van der Waals surface area contributed by atoms with Crippen molar-refractivity contribution in [2.45, 2.75) is 26.3 Å². The Kier molecular flexibility index (Phi) is 2.93. The Bertz CT molecular complexity index is 705. The Morgan fingerprint density at radius 2 is 2.25 bits per heavy atom. The van der Waals surface area contributed by atoms with Gasteiger partial charge in [-0.1, -0.05) is 0 Å². The lowest BCUT2D eigenvalue weighted by Gasteiger charge is -2.17. The Morgan fingerprint density at radius 1 is 1.45 bits per heavy atom. The molecule has 1 aromatic carbocycles. The first-order valence-electron chi connectivity index (χ1n) is 6.64. The minimum atomic E-state index is -0.997. The molecule has 104 valence electrons. The highest BCUT2D eigenvalue weighted by Gasteiger charge is 2.25. The van der Waals surface area contributed by atoms with Crippen LogP contribution in [0.1, 0.15) is 30.1 Å². The number of hydrogen-bond acceptors (Lipinski definition) is 3. The largest absolute Gasteiger partial charge is 0.478 e. The van der Waals surface area contributed by atoms with Crippen LogP contribution in [0.25, 0.3) is 11.0 Å². The molecule has 1 fully saturated rings. The fourth-order valence-corrected chi connectivity index (χ4v) is 2.63. The van der Waals surface area contributed by atoms with Crippen LogP contribution in [0.5, 0.6) is 0 Å². The molecule has 0 saturated carbocycles. The number of rotatable bonds is 3. The number of aryl methyl sites for hydroxylation is 1. The van der Waals surface area contributed by atoms with Gasteiger partial charge in [0.15, 0.2) is 0 Å². The van der Waals surface area contributed by atoms with Crippen LogP contribution in [-0.2, 0) is 11.3 Å². The van der Waals surface area contributed by atoms with Crippen LogP contribution in [0.4, 0.5) is 5.69 Å². The molecule has 0 unspecified atom stereocenters. The summed E-state index contributed by atoms with van der Waals surface area (Å²) in [5, 5.41) is 9.25. The van der Waals surface area contributed by atoms with Crippen molar-refractivity contribution in [1.82, 2.24) is 9.55 Å². The monoisotopic (exact) mass is 273 g/mol. The van der Waals surface area contributed by atoms with E-state index in [2.05, 4.69) is 4.98 Å². The molecule has 20 heavy (non-hydrogen) atoms. The molecule has 0 spiro atoms. The molecule has 0 radical (unpaired) electrons. The van der Waals surface area contributed by atoms with E-state index in [1.165, 1.54) is 0 Å². The number of benzene rings is 1. The second-order valence-electron chi connectivity index (χ2n) is 4.85. The van der Waals surface area contributed by atoms with Gasteiger partial charge >= 0.3 is 5.97 Å². The summed E-state index contributed by atoms with van der Waals surface area (Å²) in [4.78, 5) is 29.2. The Morgan fingerprint density at radius 3 is 2.85 bits per heavy atom. The zero-order valence-corrected chi connectivity index (χ0v) is 11.2. The molecule has 1 amide bonds. The van der Waals surface area contributed by atoms with E-state index in [1.807, 2.05) is 11.5 Å². The summed E-state index contributed by atoms with van der Waals surface area (Å²) in [5.74, 6) is -0.969. The van der Waals surface area contributed by atoms with Crippen LogP contribution >= 0.6 is 0 Å². The average Bonchev–Trinajstić information content (AvgIpc) is 3.03. The number of hydrogen-bond donors (Lipinski definition) is 1. The van der Waals surface area contributed by atoms with E-state index in [-0.39, 0.29) is 11.5 Å². The number of nitrogens with zero attached hydrogens (tertiary/aromatic N) is 3. The molecule has 1 saturated heterocycles. The minimum Gasteiger partial charge on any atom is -0.478 e. The predicted molar refractivity (Wildman–Crippen MR) is 74.0 cm³/mol. The number of fused-ring (bicyclic) bond motifs is 1. The van der Waals surface area contributed by atoms with Gasteiger partial charge in [0.1, 0.15) is 5.52 Å². The summed E-state index contributed by atoms with van der Waals surface area (Å²) in [6, 6.07) is 3.15. The zero-order valence-electron chi connectivity index (χ0n) is 11.2. The van der Waals surface area contributed by atoms with Crippen molar-refractivity contribution in [1.29, 1.82) is 0 Å². The van der Waals surface area contributed by atoms with Gasteiger partial charge in [-0.3, -0.25) is 4.79 Å². The number of aromatic carboxylic acids is 1. The number of aromatic nitrogens is 2. The van der Waals surface area contributed by atoms with Crippen molar-refractivity contribution in [2.24, 2.45) is 0 Å². The smallest absolute Gasteiger partial charge is 0.335 e. The molecule has 1 N–H and O–H groups in total. The van der Waals surface area contributed by atoms with Gasteiger partial charge in [-0.25, -0.2) is 9.78 Å². The molecule has 1 aliphatic heterocycles. The molecular formula is C14H15N3O3. The van der Waals surface area contributed by atoms with E-state index in [4.69, 9.17) is 0 Å². The fraction of sp³-hybridized carbons (Fsp3) is 0.357. The van der Waals surface area contributed by atoms with Crippen molar-refractivity contribution in [3.63, 3.8) is 0 Å². The first-order valence-corrected chi connectivity index (χ1v) is 6.64. The van der Waals surface area contributed by atoms with E-state index >= 15 is 0 Å². The molecule has 0 bridgehead atoms. The highest BCUT2D eigenvalue weighted by molar-refractivity contribution is 6.05. The van der Waals surface area contributed by atoms with Crippen molar-refractivity contribution in [3.05, 3.63) is 24.0 Å². The molecule has 6 nitrogen and oxygen atoms in total. The van der Waals surface area contributed by atoms with Crippen molar-refractivity contribution < 1.29 is 14.7 Å². The zero-order chi connectivity index (χ0) is 14.3. The van der Waals surface area contributed by atoms with E-state index in [0.717, 1.165) is 11.9 Å². The molecule has 0 atom stereocenters. The third-order valence-corrected chi connectivity index (χ3v) is 3.66. The Labute approximate surface area is 115 Å². The topological polar surface area (TPSA) is 75.4 Å². The Hall–Kier alpha value is -2.37. The first-order chi connectivity index (χ1) is 9.61. The third-order valence-electron chi connectivity index (χ3n) is 3.66. The lowest BCUT2D eigenvalue weighted by atomic mass is 10.1. The molecule has 2 heterocycles. The maximum Gasteiger partial charge on any atom is 0.335 e. The normalized spacial score (nSPS) is 15.2. The van der Waals surface area contributed by atoms with Gasteiger partial charge in [0.05, 0.1) is 23.1 Å². The minimum absolute atomic E-state index is 0.0277. The highest BCUT2D eigenvalue weighted by Crippen LogP contribution is 2.30. The number of carboxylic acid groups (broad SMARTS) is 1. The van der Waals surface area contributed by atoms with Crippen LogP contribution < -0.4 is 4.90 Å². The third kappa shape index (κ3) is 1.84. The van der Waals surface area contributed by atoms with E-state index < -0.39 is 5.97 Å². The summed E-state index contributed by atoms with van der Waals surface area (Å²) in [7, 11) is 0. The van der Waals surface area contributed by atoms with Crippen LogP contribution in [0.2, 0.25) is 0 Å². The molecule has 2 aromatic rings. The quantitative estimate of drug-likeness (QED) is 0.926. The van der Waals surface area contributed by atoms with E-state index in [1.54, 1.807) is 23.4 Å². The van der Waals surface area contributed by atoms with Crippen LogP contribution in [0.3, 0.4) is 0 Å². The SMILES string of the molecule is CCn1cnc2c(N3CCCC3=O)cc(C(=O)O)cc21. The highest BCUT2D eigenvalue weighted by atomic mass is 16.4. The molecule has 3 rings (SSSR count). The fourth-order valence-electron chi connectivity index (χ4n) is 2.63. The molecule has 0 aliphatic carbocycles.